The third-order valence-electron chi connectivity index (χ3n) is 4.53. The lowest BCUT2D eigenvalue weighted by Gasteiger charge is -2.22. The predicted molar refractivity (Wildman–Crippen MR) is 94.7 cm³/mol. The van der Waals surface area contributed by atoms with Crippen LogP contribution < -0.4 is 0 Å². The Balaban J connectivity index is 1.59. The molecule has 1 saturated heterocycles. The molecule has 2 N–H and O–H groups in total. The lowest BCUT2D eigenvalue weighted by atomic mass is 10.2. The maximum atomic E-state index is 11.1. The number of aromatic amines is 1. The van der Waals surface area contributed by atoms with Gasteiger partial charge in [0.05, 0.1) is 22.8 Å². The smallest absolute Gasteiger partial charge is 0.354 e. The third kappa shape index (κ3) is 3.23. The van der Waals surface area contributed by atoms with Gasteiger partial charge in [0.15, 0.2) is 0 Å². The minimum Gasteiger partial charge on any atom is -0.477 e. The number of benzene rings is 1. The zero-order valence-electron chi connectivity index (χ0n) is 13.4. The Bertz CT molecular complexity index is 940. The van der Waals surface area contributed by atoms with Gasteiger partial charge in [-0.25, -0.2) is 14.8 Å². The number of likely N-dealkylation sites (tertiary alicyclic amines) is 1. The molecule has 128 valence electrons. The van der Waals surface area contributed by atoms with Crippen molar-refractivity contribution in [2.45, 2.75) is 25.4 Å². The number of carboxylic acids is 1. The van der Waals surface area contributed by atoms with Crippen LogP contribution in [0.2, 0.25) is 5.02 Å². The van der Waals surface area contributed by atoms with Gasteiger partial charge in [0.25, 0.3) is 0 Å². The van der Waals surface area contributed by atoms with E-state index in [4.69, 9.17) is 21.7 Å². The van der Waals surface area contributed by atoms with E-state index in [-0.39, 0.29) is 11.7 Å². The summed E-state index contributed by atoms with van der Waals surface area (Å²) in [4.78, 5) is 25.7. The Morgan fingerprint density at radius 3 is 3.04 bits per heavy atom. The average molecular weight is 357 g/mol. The van der Waals surface area contributed by atoms with Crippen molar-refractivity contribution >= 4 is 28.6 Å². The van der Waals surface area contributed by atoms with Gasteiger partial charge in [0.2, 0.25) is 0 Å². The summed E-state index contributed by atoms with van der Waals surface area (Å²) in [6.45, 7) is 1.53. The Hall–Kier alpha value is -2.44. The molecule has 0 bridgehead atoms. The van der Waals surface area contributed by atoms with Crippen molar-refractivity contribution in [3.8, 4) is 0 Å². The second-order valence-electron chi connectivity index (χ2n) is 6.23. The van der Waals surface area contributed by atoms with E-state index in [2.05, 4.69) is 14.9 Å². The fourth-order valence-electron chi connectivity index (χ4n) is 3.38. The fourth-order valence-corrected chi connectivity index (χ4v) is 3.55. The Morgan fingerprint density at radius 1 is 1.32 bits per heavy atom. The van der Waals surface area contributed by atoms with Crippen LogP contribution in [0.4, 0.5) is 0 Å². The van der Waals surface area contributed by atoms with E-state index < -0.39 is 5.97 Å². The number of carbonyl (C=O) groups is 1. The molecule has 0 amide bonds. The van der Waals surface area contributed by atoms with E-state index >= 15 is 0 Å². The molecule has 4 rings (SSSR count). The highest BCUT2D eigenvalue weighted by Gasteiger charge is 2.29. The molecule has 6 nitrogen and oxygen atoms in total. The van der Waals surface area contributed by atoms with E-state index in [0.717, 1.165) is 41.9 Å². The normalized spacial score (nSPS) is 18.0. The van der Waals surface area contributed by atoms with Gasteiger partial charge in [-0.3, -0.25) is 4.90 Å². The van der Waals surface area contributed by atoms with E-state index in [9.17, 15) is 4.79 Å². The molecule has 25 heavy (non-hydrogen) atoms. The summed E-state index contributed by atoms with van der Waals surface area (Å²) in [6, 6.07) is 10.9. The fraction of sp³-hybridized carbons (Fsp3) is 0.278. The van der Waals surface area contributed by atoms with E-state index in [1.807, 2.05) is 24.3 Å². The molecule has 3 aromatic rings. The summed E-state index contributed by atoms with van der Waals surface area (Å²) in [5, 5.41) is 9.78. The Labute approximate surface area is 149 Å². The number of H-pyrrole nitrogens is 1. The molecule has 7 heteroatoms. The summed E-state index contributed by atoms with van der Waals surface area (Å²) in [5.41, 5.74) is 2.66. The van der Waals surface area contributed by atoms with Gasteiger partial charge < -0.3 is 10.1 Å². The predicted octanol–water partition coefficient (Wildman–Crippen LogP) is 3.65. The van der Waals surface area contributed by atoms with Crippen LogP contribution in [0, 0.1) is 0 Å². The van der Waals surface area contributed by atoms with Crippen LogP contribution in [0.5, 0.6) is 0 Å². The number of aromatic carboxylic acids is 1. The summed E-state index contributed by atoms with van der Waals surface area (Å²) >= 11 is 6.05. The first kappa shape index (κ1) is 16.1. The average Bonchev–Trinajstić information content (AvgIpc) is 3.20. The zero-order chi connectivity index (χ0) is 17.4. The van der Waals surface area contributed by atoms with Gasteiger partial charge in [0.1, 0.15) is 11.5 Å². The maximum Gasteiger partial charge on any atom is 0.354 e. The molecule has 1 aliphatic rings. The molecule has 0 aliphatic carbocycles. The topological polar surface area (TPSA) is 82.1 Å². The molecule has 1 atom stereocenters. The zero-order valence-corrected chi connectivity index (χ0v) is 14.2. The highest BCUT2D eigenvalue weighted by Crippen LogP contribution is 2.32. The molecule has 1 fully saturated rings. The van der Waals surface area contributed by atoms with Crippen LogP contribution in [-0.4, -0.2) is 37.5 Å². The number of halogens is 1. The van der Waals surface area contributed by atoms with Crippen LogP contribution in [0.15, 0.2) is 36.4 Å². The largest absolute Gasteiger partial charge is 0.477 e. The van der Waals surface area contributed by atoms with Crippen LogP contribution in [-0.2, 0) is 6.54 Å². The lowest BCUT2D eigenvalue weighted by Crippen LogP contribution is -2.24. The highest BCUT2D eigenvalue weighted by molar-refractivity contribution is 6.31. The first-order valence-corrected chi connectivity index (χ1v) is 8.56. The lowest BCUT2D eigenvalue weighted by molar-refractivity contribution is 0.0690. The quantitative estimate of drug-likeness (QED) is 0.745. The number of fused-ring (bicyclic) bond motifs is 1. The van der Waals surface area contributed by atoms with Crippen molar-refractivity contribution in [1.29, 1.82) is 0 Å². The van der Waals surface area contributed by atoms with Crippen molar-refractivity contribution in [3.63, 3.8) is 0 Å². The summed E-state index contributed by atoms with van der Waals surface area (Å²) in [5.74, 6) is -0.0851. The maximum absolute atomic E-state index is 11.1. The molecule has 0 unspecified atom stereocenters. The van der Waals surface area contributed by atoms with Gasteiger partial charge in [0, 0.05) is 11.6 Å². The number of nitrogens with zero attached hydrogens (tertiary/aromatic N) is 3. The van der Waals surface area contributed by atoms with Gasteiger partial charge in [-0.2, -0.15) is 0 Å². The van der Waals surface area contributed by atoms with Crippen LogP contribution >= 0.6 is 11.6 Å². The van der Waals surface area contributed by atoms with Crippen LogP contribution in [0.3, 0.4) is 0 Å². The number of hydrogen-bond acceptors (Lipinski definition) is 4. The number of pyridine rings is 1. The molecule has 0 spiro atoms. The molecule has 2 aromatic heterocycles. The monoisotopic (exact) mass is 356 g/mol. The van der Waals surface area contributed by atoms with Gasteiger partial charge in [-0.1, -0.05) is 17.7 Å². The second-order valence-corrected chi connectivity index (χ2v) is 6.67. The second kappa shape index (κ2) is 6.46. The molecule has 3 heterocycles. The molecule has 0 radical (unpaired) electrons. The van der Waals surface area contributed by atoms with Crippen molar-refractivity contribution in [2.75, 3.05) is 6.54 Å². The standard InChI is InChI=1S/C18H17ClN4O2/c19-11-6-7-13-15(9-11)22-17(21-13)16-5-2-8-23(16)10-12-3-1-4-14(20-12)18(24)25/h1,3-4,6-7,9,16H,2,5,8,10H2,(H,21,22)(H,24,25)/t16-/m0/s1. The van der Waals surface area contributed by atoms with Crippen molar-refractivity contribution in [3.05, 3.63) is 58.6 Å². The van der Waals surface area contributed by atoms with Crippen molar-refractivity contribution in [1.82, 2.24) is 19.9 Å². The molecule has 1 aromatic carbocycles. The first-order valence-electron chi connectivity index (χ1n) is 8.18. The highest BCUT2D eigenvalue weighted by atomic mass is 35.5. The molecular formula is C18H17ClN4O2. The molecule has 0 saturated carbocycles. The SMILES string of the molecule is O=C(O)c1cccc(CN2CCC[C@H]2c2nc3ccc(Cl)cc3[nH]2)n1. The summed E-state index contributed by atoms with van der Waals surface area (Å²) < 4.78 is 0. The Morgan fingerprint density at radius 2 is 2.20 bits per heavy atom. The molecule has 1 aliphatic heterocycles. The number of rotatable bonds is 4. The van der Waals surface area contributed by atoms with E-state index in [1.165, 1.54) is 6.07 Å². The van der Waals surface area contributed by atoms with Gasteiger partial charge in [-0.05, 0) is 49.7 Å². The number of imidazole rings is 1. The van der Waals surface area contributed by atoms with Crippen molar-refractivity contribution < 1.29 is 9.90 Å². The third-order valence-corrected chi connectivity index (χ3v) is 4.77. The first-order chi connectivity index (χ1) is 12.1. The molecular weight excluding hydrogens is 340 g/mol. The van der Waals surface area contributed by atoms with E-state index in [1.54, 1.807) is 6.07 Å². The number of aromatic nitrogens is 3. The van der Waals surface area contributed by atoms with E-state index in [0.29, 0.717) is 11.6 Å². The van der Waals surface area contributed by atoms with Crippen LogP contribution in [0.25, 0.3) is 11.0 Å². The summed E-state index contributed by atoms with van der Waals surface area (Å²) in [7, 11) is 0. The number of nitrogens with one attached hydrogen (secondary N) is 1. The minimum absolute atomic E-state index is 0.0756. The number of hydrogen-bond donors (Lipinski definition) is 2. The van der Waals surface area contributed by atoms with Gasteiger partial charge >= 0.3 is 5.97 Å². The summed E-state index contributed by atoms with van der Waals surface area (Å²) in [6.07, 6.45) is 2.08. The van der Waals surface area contributed by atoms with Crippen molar-refractivity contribution in [2.24, 2.45) is 0 Å². The Kier molecular flexibility index (Phi) is 4.15. The minimum atomic E-state index is -1.01. The van der Waals surface area contributed by atoms with Crippen LogP contribution in [0.1, 0.15) is 40.9 Å². The van der Waals surface area contributed by atoms with Gasteiger partial charge in [-0.15, -0.1) is 0 Å². The number of carboxylic acid groups (broad SMARTS) is 1.